The van der Waals surface area contributed by atoms with E-state index in [1.54, 1.807) is 0 Å². The summed E-state index contributed by atoms with van der Waals surface area (Å²) < 4.78 is -0.243. The first-order valence-corrected chi connectivity index (χ1v) is 22.2. The van der Waals surface area contributed by atoms with Gasteiger partial charge in [0, 0.05) is 22.1 Å². The Morgan fingerprint density at radius 1 is 0.630 bits per heavy atom. The Labute approximate surface area is 301 Å². The van der Waals surface area contributed by atoms with Crippen LogP contribution >= 0.6 is 69.7 Å². The SMILES string of the molecule is CCCCCCSC1(c2ccnc(-c3cc(C4(SCCCCCC)C=CC(c5cccs5)S4)ccn3)c2)C=CC(c2cccs2)S1. The highest BCUT2D eigenvalue weighted by Crippen LogP contribution is 2.61. The quantitative estimate of drug-likeness (QED) is 0.0796. The van der Waals surface area contributed by atoms with Crippen molar-refractivity contribution in [3.05, 3.63) is 117 Å². The predicted octanol–water partition coefficient (Wildman–Crippen LogP) is 13.3. The van der Waals surface area contributed by atoms with E-state index in [9.17, 15) is 0 Å². The molecule has 4 unspecified atom stereocenters. The maximum atomic E-state index is 4.91. The Morgan fingerprint density at radius 2 is 1.11 bits per heavy atom. The van der Waals surface area contributed by atoms with E-state index in [1.165, 1.54) is 72.2 Å². The van der Waals surface area contributed by atoms with Gasteiger partial charge in [0.05, 0.1) is 21.9 Å². The van der Waals surface area contributed by atoms with Gasteiger partial charge in [-0.2, -0.15) is 0 Å². The average Bonchev–Trinajstić information content (AvgIpc) is 3.92. The van der Waals surface area contributed by atoms with Crippen LogP contribution in [0.25, 0.3) is 11.4 Å². The lowest BCUT2D eigenvalue weighted by molar-refractivity contribution is 0.706. The molecule has 0 N–H and O–H groups in total. The highest BCUT2D eigenvalue weighted by Gasteiger charge is 2.40. The normalized spacial score (nSPS) is 23.9. The molecule has 6 heterocycles. The van der Waals surface area contributed by atoms with E-state index in [2.05, 4.69) is 144 Å². The molecule has 46 heavy (non-hydrogen) atoms. The van der Waals surface area contributed by atoms with E-state index in [1.807, 2.05) is 35.1 Å². The third-order valence-electron chi connectivity index (χ3n) is 8.45. The maximum absolute atomic E-state index is 4.91. The van der Waals surface area contributed by atoms with Crippen LogP contribution in [0.5, 0.6) is 0 Å². The van der Waals surface area contributed by atoms with Crippen LogP contribution < -0.4 is 0 Å². The van der Waals surface area contributed by atoms with E-state index in [0.29, 0.717) is 10.5 Å². The highest BCUT2D eigenvalue weighted by atomic mass is 32.2. The molecular weight excluding hydrogens is 677 g/mol. The van der Waals surface area contributed by atoms with E-state index in [0.717, 1.165) is 22.9 Å². The van der Waals surface area contributed by atoms with Crippen molar-refractivity contribution in [1.82, 2.24) is 9.97 Å². The van der Waals surface area contributed by atoms with Gasteiger partial charge in [0.2, 0.25) is 0 Å². The van der Waals surface area contributed by atoms with Crippen LogP contribution in [0.3, 0.4) is 0 Å². The molecule has 6 rings (SSSR count). The molecule has 4 aromatic rings. The third-order valence-corrected chi connectivity index (χ3v) is 17.3. The molecule has 4 atom stereocenters. The summed E-state index contributed by atoms with van der Waals surface area (Å²) in [5, 5.41) is 5.17. The summed E-state index contributed by atoms with van der Waals surface area (Å²) in [5.41, 5.74) is 4.56. The minimum atomic E-state index is -0.121. The molecule has 0 aromatic carbocycles. The second kappa shape index (κ2) is 16.8. The van der Waals surface area contributed by atoms with Crippen molar-refractivity contribution in [3.8, 4) is 11.4 Å². The standard InChI is InChI=1S/C38H44N2S6/c1-3-5-7-9-25-43-37(19-15-35(45-37)33-13-11-23-41-33)29-17-21-39-31(27-29)32-28-30(18-22-40-32)38(44-26-10-8-6-4-2)20-16-36(46-38)34-14-12-24-42-34/h11-24,27-28,35-36H,3-10,25-26H2,1-2H3. The van der Waals surface area contributed by atoms with Crippen LogP contribution in [0.4, 0.5) is 0 Å². The fourth-order valence-corrected chi connectivity index (χ4v) is 14.1. The van der Waals surface area contributed by atoms with Crippen molar-refractivity contribution in [2.24, 2.45) is 0 Å². The van der Waals surface area contributed by atoms with Crippen molar-refractivity contribution in [3.63, 3.8) is 0 Å². The van der Waals surface area contributed by atoms with Gasteiger partial charge in [0.15, 0.2) is 0 Å². The molecule has 0 bridgehead atoms. The zero-order chi connectivity index (χ0) is 31.7. The van der Waals surface area contributed by atoms with Gasteiger partial charge in [-0.15, -0.1) is 69.7 Å². The maximum Gasteiger partial charge on any atom is 0.105 e. The zero-order valence-electron chi connectivity index (χ0n) is 26.8. The molecule has 8 heteroatoms. The number of aromatic nitrogens is 2. The molecule has 242 valence electrons. The smallest absolute Gasteiger partial charge is 0.105 e. The second-order valence-electron chi connectivity index (χ2n) is 11.8. The highest BCUT2D eigenvalue weighted by molar-refractivity contribution is 8.18. The lowest BCUT2D eigenvalue weighted by Crippen LogP contribution is -2.15. The summed E-state index contributed by atoms with van der Waals surface area (Å²) in [6.45, 7) is 4.57. The van der Waals surface area contributed by atoms with Gasteiger partial charge in [-0.25, -0.2) is 0 Å². The number of thiophene rings is 2. The largest absolute Gasteiger partial charge is 0.255 e. The number of thioether (sulfide) groups is 4. The van der Waals surface area contributed by atoms with Crippen LogP contribution in [0.2, 0.25) is 0 Å². The number of hydrogen-bond acceptors (Lipinski definition) is 8. The number of pyridine rings is 2. The van der Waals surface area contributed by atoms with Gasteiger partial charge in [0.25, 0.3) is 0 Å². The Morgan fingerprint density at radius 3 is 1.52 bits per heavy atom. The van der Waals surface area contributed by atoms with Crippen molar-refractivity contribution >= 4 is 69.7 Å². The molecular formula is C38H44N2S6. The Balaban J connectivity index is 1.27. The van der Waals surface area contributed by atoms with Crippen LogP contribution in [0.15, 0.2) is 96.0 Å². The van der Waals surface area contributed by atoms with Crippen LogP contribution in [0.1, 0.15) is 96.6 Å². The molecule has 0 spiro atoms. The Bertz CT molecular complexity index is 1450. The Hall–Kier alpha value is -1.42. The number of nitrogens with zero attached hydrogens (tertiary/aromatic N) is 2. The minimum Gasteiger partial charge on any atom is -0.255 e. The first-order valence-electron chi connectivity index (χ1n) is 16.7. The summed E-state index contributed by atoms with van der Waals surface area (Å²) in [7, 11) is 0. The molecule has 0 fully saturated rings. The van der Waals surface area contributed by atoms with Crippen molar-refractivity contribution in [2.45, 2.75) is 83.9 Å². The predicted molar refractivity (Wildman–Crippen MR) is 212 cm³/mol. The van der Waals surface area contributed by atoms with Crippen molar-refractivity contribution in [2.75, 3.05) is 11.5 Å². The van der Waals surface area contributed by atoms with Crippen LogP contribution in [0, 0.1) is 0 Å². The summed E-state index contributed by atoms with van der Waals surface area (Å²) in [5.74, 6) is 2.32. The summed E-state index contributed by atoms with van der Waals surface area (Å²) in [4.78, 5) is 12.7. The molecule has 2 aliphatic heterocycles. The molecule has 4 aromatic heterocycles. The fourth-order valence-electron chi connectivity index (χ4n) is 5.91. The lowest BCUT2D eigenvalue weighted by atomic mass is 10.1. The van der Waals surface area contributed by atoms with Crippen LogP contribution in [-0.2, 0) is 8.16 Å². The van der Waals surface area contributed by atoms with Gasteiger partial charge >= 0.3 is 0 Å². The van der Waals surface area contributed by atoms with Gasteiger partial charge in [-0.1, -0.05) is 88.8 Å². The van der Waals surface area contributed by atoms with Gasteiger partial charge in [-0.3, -0.25) is 9.97 Å². The van der Waals surface area contributed by atoms with Crippen molar-refractivity contribution in [1.29, 1.82) is 0 Å². The van der Waals surface area contributed by atoms with E-state index in [4.69, 9.17) is 9.97 Å². The summed E-state index contributed by atoms with van der Waals surface area (Å²) in [6.07, 6.45) is 24.1. The average molecular weight is 721 g/mol. The van der Waals surface area contributed by atoms with E-state index in [-0.39, 0.29) is 8.16 Å². The fraction of sp³-hybridized carbons (Fsp3) is 0.421. The van der Waals surface area contributed by atoms with Gasteiger partial charge in [-0.05, 0) is 82.6 Å². The van der Waals surface area contributed by atoms with E-state index < -0.39 is 0 Å². The molecule has 0 amide bonds. The molecule has 2 nitrogen and oxygen atoms in total. The van der Waals surface area contributed by atoms with Gasteiger partial charge < -0.3 is 0 Å². The first kappa shape index (κ1) is 34.4. The molecule has 0 saturated carbocycles. The van der Waals surface area contributed by atoms with Crippen LogP contribution in [-0.4, -0.2) is 21.5 Å². The number of rotatable bonds is 17. The molecule has 0 radical (unpaired) electrons. The monoisotopic (exact) mass is 720 g/mol. The second-order valence-corrected chi connectivity index (χ2v) is 19.8. The first-order chi connectivity index (χ1) is 22.6. The molecule has 0 aliphatic carbocycles. The minimum absolute atomic E-state index is 0.121. The molecule has 0 saturated heterocycles. The topological polar surface area (TPSA) is 25.8 Å². The number of unbranched alkanes of at least 4 members (excludes halogenated alkanes) is 6. The number of hydrogen-bond donors (Lipinski definition) is 0. The molecule has 2 aliphatic rings. The lowest BCUT2D eigenvalue weighted by Gasteiger charge is -2.29. The zero-order valence-corrected chi connectivity index (χ0v) is 31.7. The Kier molecular flexibility index (Phi) is 12.6. The van der Waals surface area contributed by atoms with E-state index >= 15 is 0 Å². The van der Waals surface area contributed by atoms with Gasteiger partial charge in [0.1, 0.15) is 8.16 Å². The van der Waals surface area contributed by atoms with Crippen molar-refractivity contribution < 1.29 is 0 Å². The summed E-state index contributed by atoms with van der Waals surface area (Å²) in [6, 6.07) is 18.0. The third kappa shape index (κ3) is 8.23. The summed E-state index contributed by atoms with van der Waals surface area (Å²) >= 11 is 12.1.